The molecule has 1 heterocycles. The summed E-state index contributed by atoms with van der Waals surface area (Å²) in [7, 11) is 5.80. The zero-order valence-corrected chi connectivity index (χ0v) is 11.6. The number of hydrogen-bond acceptors (Lipinski definition) is 4. The van der Waals surface area contributed by atoms with Crippen molar-refractivity contribution < 1.29 is 8.78 Å². The molecule has 0 bridgehead atoms. The van der Waals surface area contributed by atoms with Crippen LogP contribution in [-0.4, -0.2) is 43.1 Å². The molecule has 0 saturated heterocycles. The number of halogens is 2. The van der Waals surface area contributed by atoms with Crippen molar-refractivity contribution in [1.29, 1.82) is 0 Å². The molecule has 1 fully saturated rings. The summed E-state index contributed by atoms with van der Waals surface area (Å²) >= 11 is 0. The third kappa shape index (κ3) is 2.49. The van der Waals surface area contributed by atoms with Crippen molar-refractivity contribution in [1.82, 2.24) is 9.88 Å². The Bertz CT molecular complexity index is 472. The van der Waals surface area contributed by atoms with Gasteiger partial charge in [-0.05, 0) is 33.4 Å². The van der Waals surface area contributed by atoms with Gasteiger partial charge in [-0.25, -0.2) is 13.8 Å². The first-order chi connectivity index (χ1) is 8.85. The van der Waals surface area contributed by atoms with Gasteiger partial charge in [0.15, 0.2) is 23.3 Å². The second kappa shape index (κ2) is 4.92. The summed E-state index contributed by atoms with van der Waals surface area (Å²) in [6, 6.07) is 0.789. The van der Waals surface area contributed by atoms with E-state index in [0.717, 1.165) is 18.9 Å². The number of likely N-dealkylation sites (N-methyl/N-ethyl adjacent to an activating group) is 2. The molecule has 1 aliphatic rings. The Morgan fingerprint density at radius 1 is 1.26 bits per heavy atom. The zero-order valence-electron chi connectivity index (χ0n) is 11.6. The summed E-state index contributed by atoms with van der Waals surface area (Å²) in [6.45, 7) is 0.648. The molecule has 2 N–H and O–H groups in total. The number of nitrogens with zero attached hydrogens (tertiary/aromatic N) is 3. The first kappa shape index (κ1) is 14.0. The van der Waals surface area contributed by atoms with Gasteiger partial charge in [-0.1, -0.05) is 0 Å². The van der Waals surface area contributed by atoms with E-state index in [0.29, 0.717) is 6.54 Å². The van der Waals surface area contributed by atoms with Gasteiger partial charge in [-0.15, -0.1) is 0 Å². The smallest absolute Gasteiger partial charge is 0.168 e. The van der Waals surface area contributed by atoms with Crippen LogP contribution in [0, 0.1) is 11.6 Å². The summed E-state index contributed by atoms with van der Waals surface area (Å²) in [5.74, 6) is -1.66. The van der Waals surface area contributed by atoms with Crippen LogP contribution in [0.4, 0.5) is 20.4 Å². The van der Waals surface area contributed by atoms with Crippen molar-refractivity contribution >= 4 is 11.6 Å². The molecule has 106 valence electrons. The molecule has 0 aliphatic heterocycles. The number of hydrogen-bond donors (Lipinski definition) is 1. The molecule has 19 heavy (non-hydrogen) atoms. The van der Waals surface area contributed by atoms with Gasteiger partial charge in [0.25, 0.3) is 0 Å². The molecule has 1 saturated carbocycles. The normalized spacial score (nSPS) is 17.4. The lowest BCUT2D eigenvalue weighted by molar-refractivity contribution is 0.0680. The minimum atomic E-state index is -0.819. The van der Waals surface area contributed by atoms with E-state index in [1.165, 1.54) is 6.42 Å². The third-order valence-corrected chi connectivity index (χ3v) is 4.06. The van der Waals surface area contributed by atoms with E-state index in [4.69, 9.17) is 5.73 Å². The van der Waals surface area contributed by atoms with Gasteiger partial charge >= 0.3 is 0 Å². The maximum absolute atomic E-state index is 13.8. The average Bonchev–Trinajstić information content (AvgIpc) is 2.27. The molecular weight excluding hydrogens is 250 g/mol. The number of nitrogen functional groups attached to an aromatic ring is 1. The highest BCUT2D eigenvalue weighted by atomic mass is 19.1. The molecule has 4 nitrogen and oxygen atoms in total. The van der Waals surface area contributed by atoms with E-state index in [2.05, 4.69) is 9.88 Å². The number of rotatable bonds is 4. The highest BCUT2D eigenvalue weighted by molar-refractivity contribution is 5.47. The van der Waals surface area contributed by atoms with Crippen molar-refractivity contribution in [2.75, 3.05) is 38.3 Å². The van der Waals surface area contributed by atoms with Crippen molar-refractivity contribution in [2.24, 2.45) is 0 Å². The molecule has 1 aromatic rings. The summed E-state index contributed by atoms with van der Waals surface area (Å²) in [6.07, 6.45) is 3.32. The van der Waals surface area contributed by atoms with Crippen LogP contribution in [0.25, 0.3) is 0 Å². The topological polar surface area (TPSA) is 45.4 Å². The molecule has 0 amide bonds. The minimum absolute atomic E-state index is 0.0476. The quantitative estimate of drug-likeness (QED) is 0.907. The number of nitrogens with two attached hydrogens (primary N) is 1. The molecule has 0 atom stereocenters. The largest absolute Gasteiger partial charge is 0.381 e. The molecule has 1 aromatic heterocycles. The van der Waals surface area contributed by atoms with Gasteiger partial charge in [0, 0.05) is 25.2 Å². The number of pyridine rings is 1. The van der Waals surface area contributed by atoms with Crippen LogP contribution < -0.4 is 10.6 Å². The van der Waals surface area contributed by atoms with Crippen LogP contribution in [0.2, 0.25) is 0 Å². The van der Waals surface area contributed by atoms with Gasteiger partial charge in [0.05, 0.1) is 0 Å². The molecule has 0 spiro atoms. The third-order valence-electron chi connectivity index (χ3n) is 4.06. The van der Waals surface area contributed by atoms with Crippen molar-refractivity contribution in [3.05, 3.63) is 17.7 Å². The Kier molecular flexibility index (Phi) is 3.62. The predicted molar refractivity (Wildman–Crippen MR) is 72.1 cm³/mol. The molecule has 2 rings (SSSR count). The highest BCUT2D eigenvalue weighted by Gasteiger charge is 2.40. The Morgan fingerprint density at radius 3 is 2.37 bits per heavy atom. The van der Waals surface area contributed by atoms with E-state index >= 15 is 0 Å². The highest BCUT2D eigenvalue weighted by Crippen LogP contribution is 2.37. The maximum atomic E-state index is 13.8. The maximum Gasteiger partial charge on any atom is 0.168 e. The molecule has 1 aliphatic carbocycles. The first-order valence-electron chi connectivity index (χ1n) is 6.36. The van der Waals surface area contributed by atoms with E-state index in [1.54, 1.807) is 11.9 Å². The summed E-state index contributed by atoms with van der Waals surface area (Å²) in [4.78, 5) is 7.69. The van der Waals surface area contributed by atoms with Gasteiger partial charge in [-0.3, -0.25) is 0 Å². The lowest BCUT2D eigenvalue weighted by atomic mass is 9.75. The summed E-state index contributed by atoms with van der Waals surface area (Å²) in [5, 5.41) is 0. The van der Waals surface area contributed by atoms with E-state index in [-0.39, 0.29) is 17.2 Å². The lowest BCUT2D eigenvalue weighted by Gasteiger charge is -2.49. The first-order valence-corrected chi connectivity index (χ1v) is 6.36. The van der Waals surface area contributed by atoms with Gasteiger partial charge in [0.1, 0.15) is 0 Å². The monoisotopic (exact) mass is 270 g/mol. The lowest BCUT2D eigenvalue weighted by Crippen LogP contribution is -2.57. The summed E-state index contributed by atoms with van der Waals surface area (Å²) < 4.78 is 26.9. The van der Waals surface area contributed by atoms with Crippen LogP contribution in [0.5, 0.6) is 0 Å². The Labute approximate surface area is 112 Å². The molecule has 6 heteroatoms. The van der Waals surface area contributed by atoms with Crippen molar-refractivity contribution in [3.63, 3.8) is 0 Å². The van der Waals surface area contributed by atoms with Gasteiger partial charge < -0.3 is 15.5 Å². The fourth-order valence-electron chi connectivity index (χ4n) is 2.59. The fraction of sp³-hybridized carbons (Fsp3) is 0.615. The SMILES string of the molecule is CN(CC1(N(C)C)CCC1)c1nc(N)c(F)cc1F. The molecule has 0 aromatic carbocycles. The Morgan fingerprint density at radius 2 is 1.89 bits per heavy atom. The van der Waals surface area contributed by atoms with Crippen LogP contribution >= 0.6 is 0 Å². The van der Waals surface area contributed by atoms with Gasteiger partial charge in [0.2, 0.25) is 0 Å². The standard InChI is InChI=1S/C13H20F2N4/c1-18(2)13(5-4-6-13)8-19(3)12-10(15)7-9(14)11(16)17-12/h7H,4-6,8H2,1-3H3,(H2,16,17). The average molecular weight is 270 g/mol. The summed E-state index contributed by atoms with van der Waals surface area (Å²) in [5.41, 5.74) is 5.46. The molecule has 0 radical (unpaired) electrons. The van der Waals surface area contributed by atoms with Crippen molar-refractivity contribution in [3.8, 4) is 0 Å². The van der Waals surface area contributed by atoms with Crippen LogP contribution in [0.15, 0.2) is 6.07 Å². The molecular formula is C13H20F2N4. The number of anilines is 2. The zero-order chi connectivity index (χ0) is 14.2. The van der Waals surface area contributed by atoms with Crippen LogP contribution in [0.3, 0.4) is 0 Å². The fourth-order valence-corrected chi connectivity index (χ4v) is 2.59. The Hall–Kier alpha value is -1.43. The van der Waals surface area contributed by atoms with Crippen molar-refractivity contribution in [2.45, 2.75) is 24.8 Å². The van der Waals surface area contributed by atoms with E-state index in [9.17, 15) is 8.78 Å². The second-order valence-corrected chi connectivity index (χ2v) is 5.49. The van der Waals surface area contributed by atoms with E-state index in [1.807, 2.05) is 14.1 Å². The number of aromatic nitrogens is 1. The molecule has 0 unspecified atom stereocenters. The van der Waals surface area contributed by atoms with Crippen LogP contribution in [-0.2, 0) is 0 Å². The second-order valence-electron chi connectivity index (χ2n) is 5.49. The minimum Gasteiger partial charge on any atom is -0.381 e. The predicted octanol–water partition coefficient (Wildman–Crippen LogP) is 1.86. The Balaban J connectivity index is 2.20. The van der Waals surface area contributed by atoms with E-state index < -0.39 is 11.6 Å². The van der Waals surface area contributed by atoms with Crippen LogP contribution in [0.1, 0.15) is 19.3 Å². The van der Waals surface area contributed by atoms with Gasteiger partial charge in [-0.2, -0.15) is 0 Å².